The SMILES string of the molecule is Cc1nc(C(=O)NC2CCOCC2)c2ccccc2n1. The number of nitrogens with one attached hydrogen (secondary N) is 1. The lowest BCUT2D eigenvalue weighted by Gasteiger charge is -2.23. The van der Waals surface area contributed by atoms with Crippen LogP contribution in [0.25, 0.3) is 10.9 Å². The zero-order chi connectivity index (χ0) is 13.9. The van der Waals surface area contributed by atoms with E-state index in [0.29, 0.717) is 24.7 Å². The molecule has 1 fully saturated rings. The molecule has 2 heterocycles. The summed E-state index contributed by atoms with van der Waals surface area (Å²) in [5, 5.41) is 3.84. The molecule has 0 bridgehead atoms. The second-order valence-corrected chi connectivity index (χ2v) is 5.00. The molecule has 20 heavy (non-hydrogen) atoms. The molecule has 0 atom stereocenters. The summed E-state index contributed by atoms with van der Waals surface area (Å²) in [5.74, 6) is 0.486. The van der Waals surface area contributed by atoms with Crippen LogP contribution in [0.5, 0.6) is 0 Å². The summed E-state index contributed by atoms with van der Waals surface area (Å²) >= 11 is 0. The Morgan fingerprint density at radius 2 is 2.00 bits per heavy atom. The lowest BCUT2D eigenvalue weighted by molar-refractivity contribution is 0.0695. The molecule has 1 aliphatic rings. The van der Waals surface area contributed by atoms with E-state index in [1.54, 1.807) is 6.92 Å². The number of rotatable bonds is 2. The minimum absolute atomic E-state index is 0.126. The monoisotopic (exact) mass is 271 g/mol. The van der Waals surface area contributed by atoms with Crippen molar-refractivity contribution in [3.8, 4) is 0 Å². The third kappa shape index (κ3) is 2.63. The van der Waals surface area contributed by atoms with E-state index in [9.17, 15) is 4.79 Å². The van der Waals surface area contributed by atoms with Crippen LogP contribution < -0.4 is 5.32 Å². The number of carbonyl (C=O) groups excluding carboxylic acids is 1. The Morgan fingerprint density at radius 3 is 2.80 bits per heavy atom. The van der Waals surface area contributed by atoms with Gasteiger partial charge in [-0.05, 0) is 25.8 Å². The van der Waals surface area contributed by atoms with Gasteiger partial charge in [-0.3, -0.25) is 4.79 Å². The van der Waals surface area contributed by atoms with Crippen molar-refractivity contribution in [2.24, 2.45) is 0 Å². The lowest BCUT2D eigenvalue weighted by atomic mass is 10.1. The summed E-state index contributed by atoms with van der Waals surface area (Å²) in [6, 6.07) is 7.76. The molecule has 1 aromatic heterocycles. The van der Waals surface area contributed by atoms with Crippen LogP contribution in [0.15, 0.2) is 24.3 Å². The quantitative estimate of drug-likeness (QED) is 0.905. The number of hydrogen-bond acceptors (Lipinski definition) is 4. The lowest BCUT2D eigenvalue weighted by Crippen LogP contribution is -2.39. The van der Waals surface area contributed by atoms with Crippen molar-refractivity contribution < 1.29 is 9.53 Å². The number of fused-ring (bicyclic) bond motifs is 1. The molecule has 5 heteroatoms. The first-order valence-corrected chi connectivity index (χ1v) is 6.86. The number of hydrogen-bond donors (Lipinski definition) is 1. The molecule has 1 N–H and O–H groups in total. The summed E-state index contributed by atoms with van der Waals surface area (Å²) in [4.78, 5) is 21.1. The first-order valence-electron chi connectivity index (χ1n) is 6.86. The Labute approximate surface area is 117 Å². The fourth-order valence-electron chi connectivity index (χ4n) is 2.46. The largest absolute Gasteiger partial charge is 0.381 e. The van der Waals surface area contributed by atoms with E-state index < -0.39 is 0 Å². The zero-order valence-electron chi connectivity index (χ0n) is 11.4. The Morgan fingerprint density at radius 1 is 1.25 bits per heavy atom. The van der Waals surface area contributed by atoms with Gasteiger partial charge in [0.15, 0.2) is 0 Å². The van der Waals surface area contributed by atoms with Crippen LogP contribution in [-0.4, -0.2) is 35.1 Å². The van der Waals surface area contributed by atoms with E-state index in [0.717, 1.165) is 23.7 Å². The van der Waals surface area contributed by atoms with Gasteiger partial charge >= 0.3 is 0 Å². The van der Waals surface area contributed by atoms with E-state index in [-0.39, 0.29) is 11.9 Å². The number of aromatic nitrogens is 2. The van der Waals surface area contributed by atoms with Crippen molar-refractivity contribution in [1.82, 2.24) is 15.3 Å². The number of carbonyl (C=O) groups is 1. The summed E-state index contributed by atoms with van der Waals surface area (Å²) in [6.45, 7) is 3.21. The van der Waals surface area contributed by atoms with Crippen molar-refractivity contribution in [3.63, 3.8) is 0 Å². The zero-order valence-corrected chi connectivity index (χ0v) is 11.4. The minimum Gasteiger partial charge on any atom is -0.381 e. The van der Waals surface area contributed by atoms with E-state index in [1.165, 1.54) is 0 Å². The van der Waals surface area contributed by atoms with Crippen LogP contribution >= 0.6 is 0 Å². The number of amides is 1. The van der Waals surface area contributed by atoms with Crippen LogP contribution in [0.1, 0.15) is 29.2 Å². The van der Waals surface area contributed by atoms with Crippen LogP contribution in [0.2, 0.25) is 0 Å². The van der Waals surface area contributed by atoms with Crippen molar-refractivity contribution in [2.45, 2.75) is 25.8 Å². The molecule has 104 valence electrons. The molecule has 0 aliphatic carbocycles. The van der Waals surface area contributed by atoms with Crippen LogP contribution in [0.3, 0.4) is 0 Å². The summed E-state index contributed by atoms with van der Waals surface area (Å²) in [7, 11) is 0. The molecule has 5 nitrogen and oxygen atoms in total. The molecule has 0 saturated carbocycles. The molecule has 1 aromatic carbocycles. The van der Waals surface area contributed by atoms with Gasteiger partial charge in [-0.2, -0.15) is 0 Å². The van der Waals surface area contributed by atoms with E-state index in [2.05, 4.69) is 15.3 Å². The Hall–Kier alpha value is -2.01. The number of ether oxygens (including phenoxy) is 1. The summed E-state index contributed by atoms with van der Waals surface area (Å²) < 4.78 is 5.30. The van der Waals surface area contributed by atoms with Crippen molar-refractivity contribution in [2.75, 3.05) is 13.2 Å². The highest BCUT2D eigenvalue weighted by Gasteiger charge is 2.19. The number of benzene rings is 1. The molecule has 0 radical (unpaired) electrons. The fraction of sp³-hybridized carbons (Fsp3) is 0.400. The van der Waals surface area contributed by atoms with Crippen LogP contribution in [0.4, 0.5) is 0 Å². The minimum atomic E-state index is -0.126. The smallest absolute Gasteiger partial charge is 0.270 e. The molecule has 0 spiro atoms. The van der Waals surface area contributed by atoms with E-state index >= 15 is 0 Å². The average molecular weight is 271 g/mol. The maximum atomic E-state index is 12.4. The normalized spacial score (nSPS) is 16.2. The van der Waals surface area contributed by atoms with Gasteiger partial charge in [-0.15, -0.1) is 0 Å². The van der Waals surface area contributed by atoms with Gasteiger partial charge in [0, 0.05) is 24.6 Å². The average Bonchev–Trinajstić information content (AvgIpc) is 2.47. The predicted octanol–water partition coefficient (Wildman–Crippen LogP) is 1.85. The molecular weight excluding hydrogens is 254 g/mol. The molecule has 1 saturated heterocycles. The van der Waals surface area contributed by atoms with E-state index in [1.807, 2.05) is 24.3 Å². The fourth-order valence-corrected chi connectivity index (χ4v) is 2.46. The van der Waals surface area contributed by atoms with Gasteiger partial charge < -0.3 is 10.1 Å². The molecule has 3 rings (SSSR count). The maximum absolute atomic E-state index is 12.4. The summed E-state index contributed by atoms with van der Waals surface area (Å²) in [6.07, 6.45) is 1.71. The number of nitrogens with zero attached hydrogens (tertiary/aromatic N) is 2. The third-order valence-electron chi connectivity index (χ3n) is 3.49. The van der Waals surface area contributed by atoms with E-state index in [4.69, 9.17) is 4.74 Å². The van der Waals surface area contributed by atoms with Gasteiger partial charge in [-0.25, -0.2) is 9.97 Å². The molecule has 0 unspecified atom stereocenters. The van der Waals surface area contributed by atoms with Gasteiger partial charge in [-0.1, -0.05) is 18.2 Å². The Balaban J connectivity index is 1.90. The van der Waals surface area contributed by atoms with Gasteiger partial charge in [0.25, 0.3) is 5.91 Å². The highest BCUT2D eigenvalue weighted by atomic mass is 16.5. The second-order valence-electron chi connectivity index (χ2n) is 5.00. The van der Waals surface area contributed by atoms with Crippen molar-refractivity contribution in [3.05, 3.63) is 35.8 Å². The number of para-hydroxylation sites is 1. The Bertz CT molecular complexity index is 636. The highest BCUT2D eigenvalue weighted by Crippen LogP contribution is 2.16. The van der Waals surface area contributed by atoms with Crippen molar-refractivity contribution in [1.29, 1.82) is 0 Å². The topological polar surface area (TPSA) is 64.1 Å². The highest BCUT2D eigenvalue weighted by molar-refractivity contribution is 6.04. The van der Waals surface area contributed by atoms with Crippen LogP contribution in [-0.2, 0) is 4.74 Å². The molecule has 2 aromatic rings. The van der Waals surface area contributed by atoms with Gasteiger partial charge in [0.2, 0.25) is 0 Å². The predicted molar refractivity (Wildman–Crippen MR) is 75.6 cm³/mol. The second kappa shape index (κ2) is 5.54. The molecular formula is C15H17N3O2. The van der Waals surface area contributed by atoms with Crippen molar-refractivity contribution >= 4 is 16.8 Å². The summed E-state index contributed by atoms with van der Waals surface area (Å²) in [5.41, 5.74) is 1.26. The van der Waals surface area contributed by atoms with Gasteiger partial charge in [0.05, 0.1) is 5.52 Å². The number of aryl methyl sites for hydroxylation is 1. The van der Waals surface area contributed by atoms with Crippen LogP contribution in [0, 0.1) is 6.92 Å². The first kappa shape index (κ1) is 13.0. The molecule has 1 aliphatic heterocycles. The maximum Gasteiger partial charge on any atom is 0.270 e. The third-order valence-corrected chi connectivity index (χ3v) is 3.49. The Kier molecular flexibility index (Phi) is 3.60. The standard InChI is InChI=1S/C15H17N3O2/c1-10-16-13-5-3-2-4-12(13)14(17-10)15(19)18-11-6-8-20-9-7-11/h2-5,11H,6-9H2,1H3,(H,18,19). The molecule has 1 amide bonds. The van der Waals surface area contributed by atoms with Gasteiger partial charge in [0.1, 0.15) is 11.5 Å². The first-order chi connectivity index (χ1) is 9.74.